The molecule has 1 amide bonds. The molecule has 142 valence electrons. The van der Waals surface area contributed by atoms with E-state index < -0.39 is 0 Å². The van der Waals surface area contributed by atoms with E-state index in [9.17, 15) is 9.59 Å². The first-order valence-corrected chi connectivity index (χ1v) is 9.51. The number of rotatable bonds is 5. The number of nitrogens with one attached hydrogen (secondary N) is 1. The van der Waals surface area contributed by atoms with Crippen molar-refractivity contribution in [1.29, 1.82) is 0 Å². The maximum atomic E-state index is 12.7. The summed E-state index contributed by atoms with van der Waals surface area (Å²) < 4.78 is 0. The molecule has 8 heteroatoms. The van der Waals surface area contributed by atoms with Crippen molar-refractivity contribution >= 4 is 40.7 Å². The number of carbonyl (C=O) groups excluding carboxylic acids is 2. The average molecular weight is 407 g/mol. The first-order chi connectivity index (χ1) is 13.0. The highest BCUT2D eigenvalue weighted by atomic mass is 35.5. The lowest BCUT2D eigenvalue weighted by Crippen LogP contribution is -2.39. The number of likely N-dealkylation sites (tertiary alicyclic amines) is 1. The van der Waals surface area contributed by atoms with Gasteiger partial charge in [-0.05, 0) is 31.0 Å². The molecule has 0 saturated carbocycles. The van der Waals surface area contributed by atoms with Gasteiger partial charge >= 0.3 is 0 Å². The van der Waals surface area contributed by atoms with Crippen LogP contribution in [0, 0.1) is 6.92 Å². The number of benzene rings is 1. The lowest BCUT2D eigenvalue weighted by atomic mass is 10.1. The van der Waals surface area contributed by atoms with Gasteiger partial charge in [0.15, 0.2) is 0 Å². The van der Waals surface area contributed by atoms with Gasteiger partial charge in [0.25, 0.3) is 5.91 Å². The lowest BCUT2D eigenvalue weighted by molar-refractivity contribution is -0.120. The third-order valence-electron chi connectivity index (χ3n) is 4.59. The van der Waals surface area contributed by atoms with Crippen molar-refractivity contribution in [2.45, 2.75) is 26.2 Å². The van der Waals surface area contributed by atoms with Crippen LogP contribution in [-0.4, -0.2) is 46.2 Å². The summed E-state index contributed by atoms with van der Waals surface area (Å²) in [7, 11) is 0. The molecule has 1 N–H and O–H groups in total. The number of ketones is 1. The van der Waals surface area contributed by atoms with Gasteiger partial charge in [-0.25, -0.2) is 9.97 Å². The summed E-state index contributed by atoms with van der Waals surface area (Å²) >= 11 is 12.0. The van der Waals surface area contributed by atoms with Crippen LogP contribution in [0.5, 0.6) is 0 Å². The highest BCUT2D eigenvalue weighted by Crippen LogP contribution is 2.23. The topological polar surface area (TPSA) is 75.2 Å². The van der Waals surface area contributed by atoms with E-state index in [0.29, 0.717) is 59.6 Å². The lowest BCUT2D eigenvalue weighted by Gasteiger charge is -2.26. The van der Waals surface area contributed by atoms with Crippen LogP contribution in [0.25, 0.3) is 0 Å². The number of piperidine rings is 1. The van der Waals surface area contributed by atoms with Crippen molar-refractivity contribution in [3.8, 4) is 0 Å². The molecule has 1 aromatic carbocycles. The fraction of sp³-hybridized carbons (Fsp3) is 0.368. The van der Waals surface area contributed by atoms with Gasteiger partial charge in [-0.2, -0.15) is 0 Å². The molecule has 2 aromatic rings. The molecule has 0 unspecified atom stereocenters. The second-order valence-electron chi connectivity index (χ2n) is 6.45. The van der Waals surface area contributed by atoms with Crippen LogP contribution in [0.4, 0.5) is 5.82 Å². The van der Waals surface area contributed by atoms with Gasteiger partial charge in [0.1, 0.15) is 23.6 Å². The van der Waals surface area contributed by atoms with Gasteiger partial charge in [0.05, 0.1) is 10.0 Å². The number of hydrogen-bond donors (Lipinski definition) is 1. The van der Waals surface area contributed by atoms with E-state index in [1.54, 1.807) is 11.0 Å². The normalized spacial score (nSPS) is 14.3. The molecule has 27 heavy (non-hydrogen) atoms. The van der Waals surface area contributed by atoms with Crippen molar-refractivity contribution in [2.24, 2.45) is 0 Å². The molecule has 1 saturated heterocycles. The van der Waals surface area contributed by atoms with Gasteiger partial charge < -0.3 is 10.2 Å². The maximum absolute atomic E-state index is 12.7. The molecule has 3 rings (SSSR count). The number of halogens is 2. The zero-order valence-electron chi connectivity index (χ0n) is 15.0. The highest BCUT2D eigenvalue weighted by molar-refractivity contribution is 6.42. The van der Waals surface area contributed by atoms with E-state index in [-0.39, 0.29) is 11.7 Å². The third-order valence-corrected chi connectivity index (χ3v) is 5.32. The van der Waals surface area contributed by atoms with E-state index in [0.717, 1.165) is 12.0 Å². The maximum Gasteiger partial charge on any atom is 0.272 e. The molecule has 0 radical (unpaired) electrons. The van der Waals surface area contributed by atoms with Gasteiger partial charge in [-0.15, -0.1) is 0 Å². The molecule has 0 bridgehead atoms. The number of amides is 1. The Labute approximate surface area is 167 Å². The Bertz CT molecular complexity index is 863. The molecule has 6 nitrogen and oxygen atoms in total. The summed E-state index contributed by atoms with van der Waals surface area (Å²) in [6, 6.07) is 5.54. The van der Waals surface area contributed by atoms with Gasteiger partial charge in [-0.3, -0.25) is 9.59 Å². The van der Waals surface area contributed by atoms with Crippen molar-refractivity contribution in [1.82, 2.24) is 14.9 Å². The zero-order chi connectivity index (χ0) is 19.4. The molecule has 0 aliphatic carbocycles. The summed E-state index contributed by atoms with van der Waals surface area (Å²) in [6.07, 6.45) is 2.93. The summed E-state index contributed by atoms with van der Waals surface area (Å²) in [5, 5.41) is 4.31. The summed E-state index contributed by atoms with van der Waals surface area (Å²) in [5.74, 6) is 0.666. The minimum atomic E-state index is -0.157. The molecule has 1 aromatic heterocycles. The van der Waals surface area contributed by atoms with E-state index in [2.05, 4.69) is 15.3 Å². The summed E-state index contributed by atoms with van der Waals surface area (Å²) in [4.78, 5) is 34.2. The van der Waals surface area contributed by atoms with Crippen LogP contribution in [0.1, 0.15) is 34.5 Å². The van der Waals surface area contributed by atoms with Crippen LogP contribution in [0.15, 0.2) is 24.5 Å². The van der Waals surface area contributed by atoms with Crippen LogP contribution >= 0.6 is 23.2 Å². The molecule has 2 heterocycles. The first kappa shape index (κ1) is 19.6. The van der Waals surface area contributed by atoms with E-state index in [1.807, 2.05) is 19.1 Å². The fourth-order valence-corrected chi connectivity index (χ4v) is 3.29. The van der Waals surface area contributed by atoms with Crippen LogP contribution in [0.2, 0.25) is 10.0 Å². The van der Waals surface area contributed by atoms with Crippen molar-refractivity contribution < 1.29 is 9.59 Å². The molecule has 1 aliphatic rings. The minimum Gasteiger partial charge on any atom is -0.369 e. The number of nitrogens with zero attached hydrogens (tertiary/aromatic N) is 3. The quantitative estimate of drug-likeness (QED) is 0.821. The van der Waals surface area contributed by atoms with Crippen molar-refractivity contribution in [3.05, 3.63) is 51.4 Å². The third kappa shape index (κ3) is 4.76. The zero-order valence-corrected chi connectivity index (χ0v) is 16.5. The minimum absolute atomic E-state index is 0.157. The van der Waals surface area contributed by atoms with E-state index in [4.69, 9.17) is 23.2 Å². The Kier molecular flexibility index (Phi) is 6.29. The molecular weight excluding hydrogens is 387 g/mol. The molecule has 1 aliphatic heterocycles. The van der Waals surface area contributed by atoms with E-state index >= 15 is 0 Å². The number of Topliss-reactive ketones (excluding diaryl/α,β-unsaturated/α-hetero) is 1. The predicted molar refractivity (Wildman–Crippen MR) is 106 cm³/mol. The number of aromatic nitrogens is 2. The Balaban J connectivity index is 1.64. The molecule has 0 atom stereocenters. The van der Waals surface area contributed by atoms with Crippen LogP contribution < -0.4 is 5.32 Å². The second kappa shape index (κ2) is 8.67. The monoisotopic (exact) mass is 406 g/mol. The Morgan fingerprint density at radius 3 is 2.63 bits per heavy atom. The largest absolute Gasteiger partial charge is 0.369 e. The molecular formula is C19H20Cl2N4O2. The van der Waals surface area contributed by atoms with Crippen molar-refractivity contribution in [2.75, 3.05) is 25.0 Å². The van der Waals surface area contributed by atoms with Gasteiger partial charge in [0.2, 0.25) is 0 Å². The first-order valence-electron chi connectivity index (χ1n) is 8.76. The molecule has 1 fully saturated rings. The fourth-order valence-electron chi connectivity index (χ4n) is 2.97. The average Bonchev–Trinajstić information content (AvgIpc) is 2.66. The standard InChI is InChI=1S/C19H20Cl2N4O2/c1-12-17(19(27)25-8-5-14(26)6-9-25)23-11-24-18(12)22-7-4-13-2-3-15(20)16(21)10-13/h2-3,10-11H,4-9H2,1H3,(H,22,23,24). The second-order valence-corrected chi connectivity index (χ2v) is 7.27. The highest BCUT2D eigenvalue weighted by Gasteiger charge is 2.24. The van der Waals surface area contributed by atoms with Crippen molar-refractivity contribution in [3.63, 3.8) is 0 Å². The summed E-state index contributed by atoms with van der Waals surface area (Å²) in [6.45, 7) is 3.34. The SMILES string of the molecule is Cc1c(NCCc2ccc(Cl)c(Cl)c2)ncnc1C(=O)N1CCC(=O)CC1. The van der Waals surface area contributed by atoms with Gasteiger partial charge in [0, 0.05) is 38.0 Å². The van der Waals surface area contributed by atoms with Crippen LogP contribution in [0.3, 0.4) is 0 Å². The summed E-state index contributed by atoms with van der Waals surface area (Å²) in [5.41, 5.74) is 2.13. The van der Waals surface area contributed by atoms with Gasteiger partial charge in [-0.1, -0.05) is 29.3 Å². The Morgan fingerprint density at radius 2 is 1.93 bits per heavy atom. The number of anilines is 1. The Morgan fingerprint density at radius 1 is 1.19 bits per heavy atom. The molecule has 0 spiro atoms. The number of carbonyl (C=O) groups is 2. The smallest absolute Gasteiger partial charge is 0.272 e. The predicted octanol–water partition coefficient (Wildman–Crippen LogP) is 3.55. The number of hydrogen-bond acceptors (Lipinski definition) is 5. The van der Waals surface area contributed by atoms with E-state index in [1.165, 1.54) is 6.33 Å². The Hall–Kier alpha value is -2.18. The van der Waals surface area contributed by atoms with Crippen LogP contribution in [-0.2, 0) is 11.2 Å².